The standard InChI is InChI=1S/C16H18O5/c1-16(21-10-6-8-20-9-7-10)14(18)12-5-3-2-4-11(12)13(17)15(16)19/h2-5,10,15,19H,6-9H2,1H3/t15-,16-/m0/s1. The number of benzene rings is 1. The number of rotatable bonds is 2. The summed E-state index contributed by atoms with van der Waals surface area (Å²) in [5, 5.41) is 10.3. The predicted molar refractivity (Wildman–Crippen MR) is 74.4 cm³/mol. The first-order valence-corrected chi connectivity index (χ1v) is 7.15. The first-order valence-electron chi connectivity index (χ1n) is 7.15. The van der Waals surface area contributed by atoms with Gasteiger partial charge in [0.05, 0.1) is 6.10 Å². The van der Waals surface area contributed by atoms with E-state index in [4.69, 9.17) is 9.47 Å². The molecular formula is C16H18O5. The van der Waals surface area contributed by atoms with Crippen LogP contribution in [0.15, 0.2) is 24.3 Å². The smallest absolute Gasteiger partial charge is 0.198 e. The Bertz CT molecular complexity index is 576. The van der Waals surface area contributed by atoms with Crippen LogP contribution in [0.5, 0.6) is 0 Å². The molecule has 1 heterocycles. The van der Waals surface area contributed by atoms with Gasteiger partial charge < -0.3 is 14.6 Å². The highest BCUT2D eigenvalue weighted by atomic mass is 16.5. The van der Waals surface area contributed by atoms with Gasteiger partial charge in [0, 0.05) is 24.3 Å². The average Bonchev–Trinajstić information content (AvgIpc) is 2.52. The van der Waals surface area contributed by atoms with Crippen molar-refractivity contribution in [3.63, 3.8) is 0 Å². The average molecular weight is 290 g/mol. The van der Waals surface area contributed by atoms with Gasteiger partial charge >= 0.3 is 0 Å². The van der Waals surface area contributed by atoms with Gasteiger partial charge in [0.25, 0.3) is 0 Å². The van der Waals surface area contributed by atoms with E-state index in [1.165, 1.54) is 6.92 Å². The molecule has 1 aliphatic carbocycles. The molecule has 0 aromatic heterocycles. The molecule has 0 unspecified atom stereocenters. The molecule has 0 amide bonds. The molecule has 112 valence electrons. The summed E-state index contributed by atoms with van der Waals surface area (Å²) in [4.78, 5) is 25.0. The highest BCUT2D eigenvalue weighted by Crippen LogP contribution is 2.34. The number of Topliss-reactive ketones (excluding diaryl/α,β-unsaturated/α-hetero) is 2. The normalized spacial score (nSPS) is 30.3. The molecule has 0 bridgehead atoms. The Morgan fingerprint density at radius 3 is 2.48 bits per heavy atom. The van der Waals surface area contributed by atoms with E-state index in [0.29, 0.717) is 31.6 Å². The Morgan fingerprint density at radius 2 is 1.81 bits per heavy atom. The van der Waals surface area contributed by atoms with E-state index >= 15 is 0 Å². The van der Waals surface area contributed by atoms with Gasteiger partial charge in [-0.3, -0.25) is 9.59 Å². The van der Waals surface area contributed by atoms with Crippen molar-refractivity contribution < 1.29 is 24.2 Å². The van der Waals surface area contributed by atoms with Crippen LogP contribution >= 0.6 is 0 Å². The molecule has 3 rings (SSSR count). The first-order chi connectivity index (χ1) is 10.0. The van der Waals surface area contributed by atoms with E-state index < -0.39 is 17.5 Å². The number of ketones is 2. The molecule has 1 N–H and O–H groups in total. The van der Waals surface area contributed by atoms with E-state index in [1.54, 1.807) is 24.3 Å². The van der Waals surface area contributed by atoms with Gasteiger partial charge in [-0.25, -0.2) is 0 Å². The molecule has 21 heavy (non-hydrogen) atoms. The SMILES string of the molecule is C[C@]1(OC2CCOCC2)C(=O)c2ccccc2C(=O)[C@@H]1O. The molecular weight excluding hydrogens is 272 g/mol. The minimum atomic E-state index is -1.52. The molecule has 5 heteroatoms. The van der Waals surface area contributed by atoms with Crippen LogP contribution in [0.3, 0.4) is 0 Å². The maximum Gasteiger partial charge on any atom is 0.198 e. The number of ether oxygens (including phenoxy) is 2. The Morgan fingerprint density at radius 1 is 1.19 bits per heavy atom. The van der Waals surface area contributed by atoms with E-state index in [9.17, 15) is 14.7 Å². The molecule has 0 spiro atoms. The monoisotopic (exact) mass is 290 g/mol. The third kappa shape index (κ3) is 2.31. The molecule has 1 saturated heterocycles. The van der Waals surface area contributed by atoms with Crippen molar-refractivity contribution >= 4 is 11.6 Å². The van der Waals surface area contributed by atoms with Crippen molar-refractivity contribution in [1.82, 2.24) is 0 Å². The quantitative estimate of drug-likeness (QED) is 0.891. The molecule has 5 nitrogen and oxygen atoms in total. The highest BCUT2D eigenvalue weighted by molar-refractivity contribution is 6.19. The van der Waals surface area contributed by atoms with Gasteiger partial charge in [-0.2, -0.15) is 0 Å². The second-order valence-electron chi connectivity index (χ2n) is 5.68. The van der Waals surface area contributed by atoms with Gasteiger partial charge in [0.2, 0.25) is 0 Å². The molecule has 0 radical (unpaired) electrons. The van der Waals surface area contributed by atoms with Crippen LogP contribution < -0.4 is 0 Å². The second-order valence-corrected chi connectivity index (χ2v) is 5.68. The van der Waals surface area contributed by atoms with Crippen LogP contribution in [0, 0.1) is 0 Å². The number of hydrogen-bond acceptors (Lipinski definition) is 5. The molecule has 2 atom stereocenters. The van der Waals surface area contributed by atoms with Crippen molar-refractivity contribution in [1.29, 1.82) is 0 Å². The van der Waals surface area contributed by atoms with E-state index in [2.05, 4.69) is 0 Å². The predicted octanol–water partition coefficient (Wildman–Crippen LogP) is 1.38. The van der Waals surface area contributed by atoms with Crippen molar-refractivity contribution in [2.75, 3.05) is 13.2 Å². The number of fused-ring (bicyclic) bond motifs is 1. The Hall–Kier alpha value is -1.56. The summed E-state index contributed by atoms with van der Waals surface area (Å²) in [6, 6.07) is 6.55. The maximum atomic E-state index is 12.7. The Labute approximate surface area is 122 Å². The molecule has 1 fully saturated rings. The largest absolute Gasteiger partial charge is 0.381 e. The van der Waals surface area contributed by atoms with Crippen LogP contribution in [0.4, 0.5) is 0 Å². The van der Waals surface area contributed by atoms with Gasteiger partial charge in [0.1, 0.15) is 0 Å². The lowest BCUT2D eigenvalue weighted by Crippen LogP contribution is -2.58. The van der Waals surface area contributed by atoms with Crippen molar-refractivity contribution in [2.24, 2.45) is 0 Å². The number of carbonyl (C=O) groups is 2. The zero-order valence-corrected chi connectivity index (χ0v) is 11.9. The number of aliphatic hydroxyl groups is 1. The molecule has 1 aromatic rings. The Kier molecular flexibility index (Phi) is 3.65. The summed E-state index contributed by atoms with van der Waals surface area (Å²) in [6.45, 7) is 2.63. The van der Waals surface area contributed by atoms with Crippen LogP contribution in [0.1, 0.15) is 40.5 Å². The third-order valence-corrected chi connectivity index (χ3v) is 4.24. The highest BCUT2D eigenvalue weighted by Gasteiger charge is 2.52. The summed E-state index contributed by atoms with van der Waals surface area (Å²) in [6.07, 6.45) is -0.334. The fourth-order valence-electron chi connectivity index (χ4n) is 2.94. The van der Waals surface area contributed by atoms with Crippen LogP contribution in [0.2, 0.25) is 0 Å². The minimum Gasteiger partial charge on any atom is -0.381 e. The van der Waals surface area contributed by atoms with Crippen LogP contribution in [-0.4, -0.2) is 47.7 Å². The Balaban J connectivity index is 1.94. The van der Waals surface area contributed by atoms with Gasteiger partial charge in [-0.15, -0.1) is 0 Å². The lowest BCUT2D eigenvalue weighted by molar-refractivity contribution is -0.132. The lowest BCUT2D eigenvalue weighted by Gasteiger charge is -2.39. The topological polar surface area (TPSA) is 72.8 Å². The van der Waals surface area contributed by atoms with Crippen LogP contribution in [-0.2, 0) is 9.47 Å². The summed E-state index contributed by atoms with van der Waals surface area (Å²) >= 11 is 0. The summed E-state index contributed by atoms with van der Waals surface area (Å²) < 4.78 is 11.1. The number of carbonyl (C=O) groups excluding carboxylic acids is 2. The zero-order chi connectivity index (χ0) is 15.0. The van der Waals surface area contributed by atoms with E-state index in [0.717, 1.165) is 0 Å². The van der Waals surface area contributed by atoms with E-state index in [1.807, 2.05) is 0 Å². The number of aliphatic hydroxyl groups excluding tert-OH is 1. The second kappa shape index (κ2) is 5.33. The molecule has 0 saturated carbocycles. The molecule has 1 aromatic carbocycles. The summed E-state index contributed by atoms with van der Waals surface area (Å²) in [5.74, 6) is -0.795. The zero-order valence-electron chi connectivity index (χ0n) is 11.9. The molecule has 1 aliphatic heterocycles. The fraction of sp³-hybridized carbons (Fsp3) is 0.500. The van der Waals surface area contributed by atoms with Gasteiger partial charge in [-0.1, -0.05) is 24.3 Å². The van der Waals surface area contributed by atoms with Crippen molar-refractivity contribution in [3.8, 4) is 0 Å². The summed E-state index contributed by atoms with van der Waals surface area (Å²) in [7, 11) is 0. The number of hydrogen-bond donors (Lipinski definition) is 1. The minimum absolute atomic E-state index is 0.180. The lowest BCUT2D eigenvalue weighted by atomic mass is 9.77. The summed E-state index contributed by atoms with van der Waals surface area (Å²) in [5.41, 5.74) is -0.932. The van der Waals surface area contributed by atoms with Crippen molar-refractivity contribution in [2.45, 2.75) is 37.6 Å². The first kappa shape index (κ1) is 14.4. The molecule has 2 aliphatic rings. The van der Waals surface area contributed by atoms with E-state index in [-0.39, 0.29) is 17.5 Å². The van der Waals surface area contributed by atoms with Gasteiger partial charge in [-0.05, 0) is 19.8 Å². The third-order valence-electron chi connectivity index (χ3n) is 4.24. The fourth-order valence-corrected chi connectivity index (χ4v) is 2.94. The maximum absolute atomic E-state index is 12.7. The van der Waals surface area contributed by atoms with Crippen LogP contribution in [0.25, 0.3) is 0 Å². The van der Waals surface area contributed by atoms with Crippen molar-refractivity contribution in [3.05, 3.63) is 35.4 Å². The van der Waals surface area contributed by atoms with Gasteiger partial charge in [0.15, 0.2) is 23.3 Å².